The largest absolute Gasteiger partial charge is 0.324 e. The lowest BCUT2D eigenvalue weighted by molar-refractivity contribution is -0.122. The van der Waals surface area contributed by atoms with Crippen molar-refractivity contribution in [2.24, 2.45) is 11.8 Å². The van der Waals surface area contributed by atoms with Crippen molar-refractivity contribution in [1.29, 1.82) is 0 Å². The Morgan fingerprint density at radius 2 is 1.56 bits per heavy atom. The summed E-state index contributed by atoms with van der Waals surface area (Å²) in [6.07, 6.45) is 3.49. The third kappa shape index (κ3) is 4.75. The van der Waals surface area contributed by atoms with E-state index >= 15 is 0 Å². The van der Waals surface area contributed by atoms with Gasteiger partial charge in [0, 0.05) is 6.04 Å². The third-order valence-electron chi connectivity index (χ3n) is 7.13. The Bertz CT molecular complexity index is 1130. The number of para-hydroxylation sites is 2. The second-order valence-electron chi connectivity index (χ2n) is 9.30. The van der Waals surface area contributed by atoms with Gasteiger partial charge in [0.05, 0.1) is 23.8 Å². The molecule has 2 N–H and O–H groups in total. The second kappa shape index (κ2) is 10.2. The highest BCUT2D eigenvalue weighted by Crippen LogP contribution is 2.44. The predicted molar refractivity (Wildman–Crippen MR) is 136 cm³/mol. The number of carbonyl (C=O) groups is 2. The number of fused-ring (bicyclic) bond motifs is 2. The first kappa shape index (κ1) is 22.4. The smallest absolute Gasteiger partial charge is 0.241 e. The zero-order chi connectivity index (χ0) is 23.3. The summed E-state index contributed by atoms with van der Waals surface area (Å²) in [7, 11) is 0. The van der Waals surface area contributed by atoms with E-state index in [2.05, 4.69) is 34.9 Å². The van der Waals surface area contributed by atoms with Crippen LogP contribution in [0.15, 0.2) is 84.9 Å². The van der Waals surface area contributed by atoms with Gasteiger partial charge in [0.15, 0.2) is 0 Å². The molecule has 1 aliphatic carbocycles. The zero-order valence-corrected chi connectivity index (χ0v) is 19.3. The van der Waals surface area contributed by atoms with Crippen LogP contribution in [0.1, 0.15) is 24.0 Å². The van der Waals surface area contributed by atoms with Gasteiger partial charge in [-0.2, -0.15) is 0 Å². The van der Waals surface area contributed by atoms with Crippen molar-refractivity contribution in [2.45, 2.75) is 31.7 Å². The highest BCUT2D eigenvalue weighted by atomic mass is 16.2. The van der Waals surface area contributed by atoms with Crippen LogP contribution in [-0.4, -0.2) is 30.9 Å². The molecule has 0 spiro atoms. The molecule has 1 saturated carbocycles. The Morgan fingerprint density at radius 3 is 2.32 bits per heavy atom. The van der Waals surface area contributed by atoms with E-state index in [0.717, 1.165) is 43.6 Å². The first-order valence-electron chi connectivity index (χ1n) is 12.2. The average Bonchev–Trinajstić information content (AvgIpc) is 3.21. The summed E-state index contributed by atoms with van der Waals surface area (Å²) >= 11 is 0. The zero-order valence-electron chi connectivity index (χ0n) is 19.3. The van der Waals surface area contributed by atoms with E-state index in [-0.39, 0.29) is 36.2 Å². The lowest BCUT2D eigenvalue weighted by Gasteiger charge is -2.32. The molecule has 3 aromatic carbocycles. The summed E-state index contributed by atoms with van der Waals surface area (Å²) < 4.78 is 0. The van der Waals surface area contributed by atoms with Gasteiger partial charge in [0.25, 0.3) is 0 Å². The first-order valence-corrected chi connectivity index (χ1v) is 12.2. The summed E-state index contributed by atoms with van der Waals surface area (Å²) in [5.41, 5.74) is 4.01. The summed E-state index contributed by atoms with van der Waals surface area (Å²) in [4.78, 5) is 28.8. The van der Waals surface area contributed by atoms with E-state index in [4.69, 9.17) is 0 Å². The van der Waals surface area contributed by atoms with Gasteiger partial charge in [-0.1, -0.05) is 72.8 Å². The fraction of sp³-hybridized carbons (Fsp3) is 0.310. The van der Waals surface area contributed by atoms with Crippen LogP contribution >= 0.6 is 0 Å². The van der Waals surface area contributed by atoms with Crippen LogP contribution < -0.4 is 15.5 Å². The quantitative estimate of drug-likeness (QED) is 0.520. The van der Waals surface area contributed by atoms with Gasteiger partial charge in [0.1, 0.15) is 0 Å². The number of rotatable bonds is 7. The Morgan fingerprint density at radius 1 is 0.882 bits per heavy atom. The van der Waals surface area contributed by atoms with Crippen LogP contribution in [0.3, 0.4) is 0 Å². The number of hydrogen-bond donors (Lipinski definition) is 2. The fourth-order valence-electron chi connectivity index (χ4n) is 5.54. The van der Waals surface area contributed by atoms with Gasteiger partial charge in [-0.05, 0) is 61.4 Å². The van der Waals surface area contributed by atoms with Crippen LogP contribution in [0, 0.1) is 11.8 Å². The molecule has 0 saturated heterocycles. The molecule has 5 rings (SSSR count). The molecule has 3 aromatic rings. The molecule has 174 valence electrons. The van der Waals surface area contributed by atoms with Crippen LogP contribution in [0.2, 0.25) is 0 Å². The molecule has 2 amide bonds. The first-order chi connectivity index (χ1) is 16.7. The van der Waals surface area contributed by atoms with Crippen molar-refractivity contribution in [1.82, 2.24) is 5.32 Å². The van der Waals surface area contributed by atoms with E-state index in [1.54, 1.807) is 0 Å². The summed E-state index contributed by atoms with van der Waals surface area (Å²) in [6.45, 7) is 0.981. The maximum atomic E-state index is 13.6. The number of amides is 2. The molecule has 2 aliphatic rings. The third-order valence-corrected chi connectivity index (χ3v) is 7.13. The Labute approximate surface area is 201 Å². The minimum Gasteiger partial charge on any atom is -0.324 e. The molecule has 1 heterocycles. The predicted octanol–water partition coefficient (Wildman–Crippen LogP) is 4.44. The molecular weight excluding hydrogens is 422 g/mol. The molecule has 3 unspecified atom stereocenters. The van der Waals surface area contributed by atoms with E-state index in [1.165, 1.54) is 11.1 Å². The number of benzene rings is 3. The van der Waals surface area contributed by atoms with Crippen molar-refractivity contribution in [3.8, 4) is 0 Å². The SMILES string of the molecule is O=C1Nc2ccccc2N(C(=O)CNCCc2ccccc2)C2CCC(Cc3ccccc3)C12. The second-order valence-corrected chi connectivity index (χ2v) is 9.30. The number of hydrogen-bond acceptors (Lipinski definition) is 3. The Kier molecular flexibility index (Phi) is 6.72. The number of nitrogens with zero attached hydrogens (tertiary/aromatic N) is 1. The van der Waals surface area contributed by atoms with Gasteiger partial charge in [0.2, 0.25) is 11.8 Å². The summed E-state index contributed by atoms with van der Waals surface area (Å²) in [6, 6.07) is 28.2. The molecule has 34 heavy (non-hydrogen) atoms. The van der Waals surface area contributed by atoms with E-state index in [9.17, 15) is 9.59 Å². The Hall–Kier alpha value is -3.44. The van der Waals surface area contributed by atoms with E-state index in [0.29, 0.717) is 0 Å². The van der Waals surface area contributed by atoms with Gasteiger partial charge in [-0.15, -0.1) is 0 Å². The monoisotopic (exact) mass is 453 g/mol. The molecule has 0 aromatic heterocycles. The van der Waals surface area contributed by atoms with Crippen molar-refractivity contribution in [2.75, 3.05) is 23.3 Å². The lowest BCUT2D eigenvalue weighted by atomic mass is 9.87. The van der Waals surface area contributed by atoms with Crippen molar-refractivity contribution < 1.29 is 9.59 Å². The van der Waals surface area contributed by atoms with Crippen LogP contribution in [0.25, 0.3) is 0 Å². The normalized spacial score (nSPS) is 21.4. The topological polar surface area (TPSA) is 61.4 Å². The van der Waals surface area contributed by atoms with Crippen LogP contribution in [0.4, 0.5) is 11.4 Å². The van der Waals surface area contributed by atoms with Gasteiger partial charge < -0.3 is 15.5 Å². The number of anilines is 2. The van der Waals surface area contributed by atoms with Gasteiger partial charge in [-0.3, -0.25) is 9.59 Å². The van der Waals surface area contributed by atoms with E-state index < -0.39 is 0 Å². The fourth-order valence-corrected chi connectivity index (χ4v) is 5.54. The maximum Gasteiger partial charge on any atom is 0.241 e. The minimum absolute atomic E-state index is 0.0207. The standard InChI is InChI=1S/C29H31N3O2/c33-27(20-30-18-17-21-9-3-1-4-10-21)32-25-14-8-7-13-24(25)31-29(34)28-23(15-16-26(28)32)19-22-11-5-2-6-12-22/h1-14,23,26,28,30H,15-20H2,(H,31,34). The molecule has 5 nitrogen and oxygen atoms in total. The maximum absolute atomic E-state index is 13.6. The van der Waals surface area contributed by atoms with Crippen molar-refractivity contribution >= 4 is 23.2 Å². The average molecular weight is 454 g/mol. The molecule has 1 aliphatic heterocycles. The summed E-state index contributed by atoms with van der Waals surface area (Å²) in [5.74, 6) is 0.0412. The molecule has 5 heteroatoms. The van der Waals surface area contributed by atoms with Gasteiger partial charge >= 0.3 is 0 Å². The number of carbonyl (C=O) groups excluding carboxylic acids is 2. The van der Waals surface area contributed by atoms with Crippen molar-refractivity contribution in [3.05, 3.63) is 96.1 Å². The van der Waals surface area contributed by atoms with Crippen LogP contribution in [0.5, 0.6) is 0 Å². The molecule has 3 atom stereocenters. The highest BCUT2D eigenvalue weighted by molar-refractivity contribution is 6.06. The lowest BCUT2D eigenvalue weighted by Crippen LogP contribution is -2.48. The number of nitrogens with one attached hydrogen (secondary N) is 2. The highest BCUT2D eigenvalue weighted by Gasteiger charge is 2.47. The summed E-state index contributed by atoms with van der Waals surface area (Å²) in [5, 5.41) is 6.46. The molecular formula is C29H31N3O2. The van der Waals surface area contributed by atoms with Crippen molar-refractivity contribution in [3.63, 3.8) is 0 Å². The minimum atomic E-state index is -0.221. The molecule has 1 fully saturated rings. The van der Waals surface area contributed by atoms with Gasteiger partial charge in [-0.25, -0.2) is 0 Å². The molecule has 0 bridgehead atoms. The molecule has 0 radical (unpaired) electrons. The Balaban J connectivity index is 1.34. The van der Waals surface area contributed by atoms with E-state index in [1.807, 2.05) is 65.6 Å². The van der Waals surface area contributed by atoms with Crippen LogP contribution in [-0.2, 0) is 22.4 Å².